The predicted octanol–water partition coefficient (Wildman–Crippen LogP) is 13.3. The van der Waals surface area contributed by atoms with Crippen LogP contribution in [0, 0.1) is 11.3 Å². The third-order valence-electron chi connectivity index (χ3n) is 11.6. The molecule has 0 saturated carbocycles. The van der Waals surface area contributed by atoms with Gasteiger partial charge in [0.1, 0.15) is 11.5 Å². The van der Waals surface area contributed by atoms with Crippen molar-refractivity contribution < 1.29 is 4.74 Å². The summed E-state index contributed by atoms with van der Waals surface area (Å²) in [5, 5.41) is 14.5. The van der Waals surface area contributed by atoms with Crippen molar-refractivity contribution >= 4 is 21.5 Å². The third-order valence-corrected chi connectivity index (χ3v) is 11.6. The van der Waals surface area contributed by atoms with E-state index >= 15 is 0 Å². The van der Waals surface area contributed by atoms with E-state index < -0.39 is 5.41 Å². The largest absolute Gasteiger partial charge is 0.457 e. The molecule has 1 heterocycles. The Labute approximate surface area is 313 Å². The van der Waals surface area contributed by atoms with Gasteiger partial charge < -0.3 is 4.74 Å². The molecule has 0 unspecified atom stereocenters. The van der Waals surface area contributed by atoms with E-state index in [0.717, 1.165) is 33.8 Å². The molecule has 11 rings (SSSR count). The maximum Gasteiger partial charge on any atom is 0.132 e. The summed E-state index contributed by atoms with van der Waals surface area (Å²) in [5.74, 6) is 1.75. The fraction of sp³-hybridized carbons (Fsp3) is 0.0192. The minimum Gasteiger partial charge on any atom is -0.457 e. The molecule has 0 amide bonds. The zero-order valence-electron chi connectivity index (χ0n) is 29.3. The molecule has 1 spiro atoms. The summed E-state index contributed by atoms with van der Waals surface area (Å²) in [6, 6.07) is 69.7. The molecular formula is C52H31NO. The SMILES string of the molecule is N#Cc1ccc(-c2ccc3c(c2)-c2c(-c4c5ccccc5c(-c5ccccc5)c5ccccc45)cccc2C32c3ccccc3Oc3ccccc32)cc1. The molecule has 0 fully saturated rings. The highest BCUT2D eigenvalue weighted by Gasteiger charge is 2.51. The molecule has 54 heavy (non-hydrogen) atoms. The first-order valence-electron chi connectivity index (χ1n) is 18.4. The standard InChI is InChI=1S/C52H31NO/c53-32-33-25-27-34(28-26-33)36-29-30-43-42(31-36)51-41(19-12-22-46(51)52(43)44-20-8-10-23-47(44)54-48-24-11-9-21-45(48)52)50-39-17-6-4-15-37(39)49(35-13-2-1-3-14-35)38-16-5-7-18-40(38)50/h1-31H. The van der Waals surface area contributed by atoms with E-state index in [2.05, 4.69) is 182 Å². The molecular weight excluding hydrogens is 655 g/mol. The predicted molar refractivity (Wildman–Crippen MR) is 220 cm³/mol. The van der Waals surface area contributed by atoms with Gasteiger partial charge in [-0.15, -0.1) is 0 Å². The first-order valence-corrected chi connectivity index (χ1v) is 18.4. The molecule has 0 bridgehead atoms. The van der Waals surface area contributed by atoms with E-state index in [-0.39, 0.29) is 0 Å². The van der Waals surface area contributed by atoms with Crippen molar-refractivity contribution in [3.05, 3.63) is 216 Å². The van der Waals surface area contributed by atoms with Gasteiger partial charge in [0, 0.05) is 11.1 Å². The van der Waals surface area contributed by atoms with Crippen LogP contribution in [-0.2, 0) is 5.41 Å². The Balaban J connectivity index is 1.30. The first kappa shape index (κ1) is 30.4. The molecule has 0 saturated heterocycles. The Morgan fingerprint density at radius 3 is 1.54 bits per heavy atom. The van der Waals surface area contributed by atoms with Crippen molar-refractivity contribution in [2.45, 2.75) is 5.41 Å². The van der Waals surface area contributed by atoms with Crippen LogP contribution in [0.15, 0.2) is 188 Å². The van der Waals surface area contributed by atoms with Crippen molar-refractivity contribution in [3.8, 4) is 62.1 Å². The Morgan fingerprint density at radius 1 is 0.370 bits per heavy atom. The number of ether oxygens (including phenoxy) is 1. The van der Waals surface area contributed by atoms with Gasteiger partial charge in [0.15, 0.2) is 0 Å². The lowest BCUT2D eigenvalue weighted by Gasteiger charge is -2.39. The molecule has 9 aromatic carbocycles. The molecule has 2 heteroatoms. The van der Waals surface area contributed by atoms with Crippen molar-refractivity contribution in [2.24, 2.45) is 0 Å². The minimum atomic E-state index is -0.606. The monoisotopic (exact) mass is 685 g/mol. The zero-order chi connectivity index (χ0) is 35.8. The van der Waals surface area contributed by atoms with E-state index in [1.165, 1.54) is 66.1 Å². The summed E-state index contributed by atoms with van der Waals surface area (Å²) in [6.45, 7) is 0. The fourth-order valence-corrected chi connectivity index (χ4v) is 9.41. The van der Waals surface area contributed by atoms with Crippen LogP contribution in [0.3, 0.4) is 0 Å². The van der Waals surface area contributed by atoms with E-state index in [1.54, 1.807) is 0 Å². The molecule has 9 aromatic rings. The molecule has 250 valence electrons. The average molecular weight is 686 g/mol. The Morgan fingerprint density at radius 2 is 0.907 bits per heavy atom. The third kappa shape index (κ3) is 4.15. The van der Waals surface area contributed by atoms with Crippen molar-refractivity contribution in [1.82, 2.24) is 0 Å². The van der Waals surface area contributed by atoms with Crippen molar-refractivity contribution in [3.63, 3.8) is 0 Å². The molecule has 0 atom stereocenters. The summed E-state index contributed by atoms with van der Waals surface area (Å²) in [6.07, 6.45) is 0. The van der Waals surface area contributed by atoms with E-state index in [9.17, 15) is 5.26 Å². The first-order chi connectivity index (χ1) is 26.8. The smallest absolute Gasteiger partial charge is 0.132 e. The highest BCUT2D eigenvalue weighted by atomic mass is 16.5. The number of rotatable bonds is 3. The highest BCUT2D eigenvalue weighted by Crippen LogP contribution is 2.64. The van der Waals surface area contributed by atoms with Crippen molar-refractivity contribution in [1.29, 1.82) is 5.26 Å². The van der Waals surface area contributed by atoms with Gasteiger partial charge in [-0.2, -0.15) is 5.26 Å². The topological polar surface area (TPSA) is 33.0 Å². The van der Waals surface area contributed by atoms with Crippen LogP contribution in [0.25, 0.3) is 66.1 Å². The lowest BCUT2D eigenvalue weighted by molar-refractivity contribution is 0.436. The number of fused-ring (bicyclic) bond motifs is 11. The normalized spacial score (nSPS) is 13.1. The van der Waals surface area contributed by atoms with E-state index in [1.807, 2.05) is 12.1 Å². The Bertz CT molecular complexity index is 2920. The Kier molecular flexibility index (Phi) is 6.56. The van der Waals surface area contributed by atoms with Crippen LogP contribution in [0.4, 0.5) is 0 Å². The van der Waals surface area contributed by atoms with Gasteiger partial charge in [-0.25, -0.2) is 0 Å². The highest BCUT2D eigenvalue weighted by molar-refractivity contribution is 6.23. The number of nitriles is 1. The van der Waals surface area contributed by atoms with Gasteiger partial charge in [0.05, 0.1) is 17.0 Å². The second kappa shape index (κ2) is 11.7. The average Bonchev–Trinajstić information content (AvgIpc) is 3.53. The second-order valence-corrected chi connectivity index (χ2v) is 14.2. The van der Waals surface area contributed by atoms with Gasteiger partial charge in [0.25, 0.3) is 0 Å². The van der Waals surface area contributed by atoms with Crippen LogP contribution in [0.2, 0.25) is 0 Å². The lowest BCUT2D eigenvalue weighted by atomic mass is 9.66. The van der Waals surface area contributed by atoms with Crippen LogP contribution >= 0.6 is 0 Å². The van der Waals surface area contributed by atoms with Gasteiger partial charge in [-0.3, -0.25) is 0 Å². The van der Waals surface area contributed by atoms with Crippen LogP contribution in [0.5, 0.6) is 11.5 Å². The molecule has 0 radical (unpaired) electrons. The molecule has 0 N–H and O–H groups in total. The number of benzene rings is 9. The lowest BCUT2D eigenvalue weighted by Crippen LogP contribution is -2.32. The maximum atomic E-state index is 9.55. The van der Waals surface area contributed by atoms with Crippen LogP contribution in [-0.4, -0.2) is 0 Å². The number of para-hydroxylation sites is 2. The maximum absolute atomic E-state index is 9.55. The van der Waals surface area contributed by atoms with Gasteiger partial charge in [-0.05, 0) is 108 Å². The molecule has 0 aromatic heterocycles. The summed E-state index contributed by atoms with van der Waals surface area (Å²) in [4.78, 5) is 0. The fourth-order valence-electron chi connectivity index (χ4n) is 9.41. The second-order valence-electron chi connectivity index (χ2n) is 14.2. The summed E-state index contributed by atoms with van der Waals surface area (Å²) in [7, 11) is 0. The van der Waals surface area contributed by atoms with Crippen molar-refractivity contribution in [2.75, 3.05) is 0 Å². The number of hydrogen-bond donors (Lipinski definition) is 0. The summed E-state index contributed by atoms with van der Waals surface area (Å²) in [5.41, 5.74) is 14.3. The van der Waals surface area contributed by atoms with Gasteiger partial charge in [-0.1, -0.05) is 158 Å². The van der Waals surface area contributed by atoms with E-state index in [0.29, 0.717) is 5.56 Å². The summed E-state index contributed by atoms with van der Waals surface area (Å²) >= 11 is 0. The van der Waals surface area contributed by atoms with Crippen LogP contribution in [0.1, 0.15) is 27.8 Å². The van der Waals surface area contributed by atoms with Gasteiger partial charge in [0.2, 0.25) is 0 Å². The number of hydrogen-bond acceptors (Lipinski definition) is 2. The molecule has 1 aliphatic heterocycles. The quantitative estimate of drug-likeness (QED) is 0.173. The molecule has 1 aliphatic carbocycles. The van der Waals surface area contributed by atoms with Crippen LogP contribution < -0.4 is 4.74 Å². The molecule has 2 nitrogen and oxygen atoms in total. The minimum absolute atomic E-state index is 0.606. The number of nitrogens with zero attached hydrogens (tertiary/aromatic N) is 1. The summed E-state index contributed by atoms with van der Waals surface area (Å²) < 4.78 is 6.67. The Hall–Kier alpha value is -7.21. The zero-order valence-corrected chi connectivity index (χ0v) is 29.3. The molecule has 2 aliphatic rings. The van der Waals surface area contributed by atoms with Gasteiger partial charge >= 0.3 is 0 Å². The van der Waals surface area contributed by atoms with E-state index in [4.69, 9.17) is 4.74 Å².